The molecule has 1 atom stereocenters. The van der Waals surface area contributed by atoms with Gasteiger partial charge in [-0.15, -0.1) is 0 Å². The van der Waals surface area contributed by atoms with Crippen LogP contribution in [0.4, 0.5) is 8.78 Å². The summed E-state index contributed by atoms with van der Waals surface area (Å²) in [6.45, 7) is 2.33. The lowest BCUT2D eigenvalue weighted by atomic mass is 9.81. The van der Waals surface area contributed by atoms with Gasteiger partial charge < -0.3 is 14.2 Å². The third-order valence-electron chi connectivity index (χ3n) is 5.10. The maximum atomic E-state index is 13.0. The summed E-state index contributed by atoms with van der Waals surface area (Å²) in [5.74, 6) is -0.567. The van der Waals surface area contributed by atoms with Gasteiger partial charge in [0.25, 0.3) is 0 Å². The van der Waals surface area contributed by atoms with Crippen molar-refractivity contribution in [2.45, 2.75) is 45.7 Å². The maximum Gasteiger partial charge on any atom is 0.387 e. The van der Waals surface area contributed by atoms with Gasteiger partial charge >= 0.3 is 12.6 Å². The Labute approximate surface area is 185 Å². The van der Waals surface area contributed by atoms with Crippen molar-refractivity contribution < 1.29 is 36.2 Å². The first-order valence-corrected chi connectivity index (χ1v) is 11.7. The van der Waals surface area contributed by atoms with Crippen LogP contribution < -0.4 is 14.6 Å². The number of ether oxygens (including phenoxy) is 3. The highest BCUT2D eigenvalue weighted by molar-refractivity contribution is 7.88. The lowest BCUT2D eigenvalue weighted by Crippen LogP contribution is -2.31. The monoisotopic (exact) mass is 469 g/mol. The zero-order valence-electron chi connectivity index (χ0n) is 17.9. The van der Waals surface area contributed by atoms with Gasteiger partial charge in [0.05, 0.1) is 23.3 Å². The summed E-state index contributed by atoms with van der Waals surface area (Å²) < 4.78 is 65.1. The number of carbonyl (C=O) groups is 1. The number of benzene rings is 2. The van der Waals surface area contributed by atoms with Crippen LogP contribution >= 0.6 is 0 Å². The van der Waals surface area contributed by atoms with Gasteiger partial charge in [0.2, 0.25) is 10.0 Å². The molecule has 0 radical (unpaired) electrons. The first kappa shape index (κ1) is 23.9. The molecule has 1 heterocycles. The van der Waals surface area contributed by atoms with E-state index in [1.165, 1.54) is 12.1 Å². The van der Waals surface area contributed by atoms with E-state index in [2.05, 4.69) is 4.74 Å². The van der Waals surface area contributed by atoms with E-state index in [0.717, 1.165) is 0 Å². The van der Waals surface area contributed by atoms with E-state index in [-0.39, 0.29) is 18.8 Å². The van der Waals surface area contributed by atoms with Crippen LogP contribution in [0.2, 0.25) is 0 Å². The van der Waals surface area contributed by atoms with E-state index < -0.39 is 39.9 Å². The number of rotatable bonds is 8. The van der Waals surface area contributed by atoms with Gasteiger partial charge in [-0.25, -0.2) is 13.6 Å². The molecule has 7 nitrogen and oxygen atoms in total. The lowest BCUT2D eigenvalue weighted by molar-refractivity contribution is -0.155. The molecule has 1 unspecified atom stereocenters. The minimum atomic E-state index is -3.80. The largest absolute Gasteiger partial charge is 0.485 e. The number of hydrogen-bond acceptors (Lipinski definition) is 6. The number of sulfonamides is 1. The Kier molecular flexibility index (Phi) is 6.75. The van der Waals surface area contributed by atoms with Gasteiger partial charge in [-0.1, -0.05) is 24.3 Å². The fourth-order valence-electron chi connectivity index (χ4n) is 3.74. The molecule has 0 bridgehead atoms. The highest BCUT2D eigenvalue weighted by Crippen LogP contribution is 2.50. The minimum absolute atomic E-state index is 0.0685. The topological polar surface area (TPSA) is 105 Å². The molecule has 2 N–H and O–H groups in total. The van der Waals surface area contributed by atoms with Crippen LogP contribution in [0, 0.1) is 5.41 Å². The fraction of sp³-hybridized carbons (Fsp3) is 0.409. The van der Waals surface area contributed by atoms with Gasteiger partial charge in [-0.05, 0) is 44.0 Å². The van der Waals surface area contributed by atoms with Crippen LogP contribution in [0.3, 0.4) is 0 Å². The van der Waals surface area contributed by atoms with Crippen LogP contribution in [0.1, 0.15) is 44.4 Å². The second kappa shape index (κ2) is 9.03. The molecule has 0 amide bonds. The summed E-state index contributed by atoms with van der Waals surface area (Å²) in [5.41, 5.74) is 0.897. The van der Waals surface area contributed by atoms with Crippen molar-refractivity contribution in [1.82, 2.24) is 0 Å². The lowest BCUT2D eigenvalue weighted by Gasteiger charge is -2.34. The standard InChI is InChI=1S/C22H25F2NO6S/c1-4-29-20(26)22(2,3)11-18-15-10-13(12-32(25,27)28)8-9-14(15)19-16(30-18)6-5-7-17(19)31-21(23)24/h5-10,18,21H,4,11-12H2,1-3H3,(H2,25,27,28). The average Bonchev–Trinajstić information content (AvgIpc) is 2.66. The van der Waals surface area contributed by atoms with Crippen molar-refractivity contribution in [3.8, 4) is 22.6 Å². The first-order valence-electron chi connectivity index (χ1n) is 9.96. The Morgan fingerprint density at radius 1 is 1.25 bits per heavy atom. The van der Waals surface area contributed by atoms with Crippen LogP contribution in [-0.4, -0.2) is 27.6 Å². The predicted octanol–water partition coefficient (Wildman–Crippen LogP) is 4.16. The smallest absolute Gasteiger partial charge is 0.387 e. The van der Waals surface area contributed by atoms with E-state index in [4.69, 9.17) is 14.6 Å². The molecule has 0 saturated carbocycles. The summed E-state index contributed by atoms with van der Waals surface area (Å²) in [5, 5.41) is 5.18. The highest BCUT2D eigenvalue weighted by atomic mass is 32.2. The molecule has 10 heteroatoms. The number of nitrogens with two attached hydrogens (primary N) is 1. The first-order chi connectivity index (χ1) is 14.9. The number of primary sulfonamides is 1. The van der Waals surface area contributed by atoms with Gasteiger partial charge in [0.1, 0.15) is 17.6 Å². The summed E-state index contributed by atoms with van der Waals surface area (Å²) in [6.07, 6.45) is -0.462. The molecule has 0 saturated heterocycles. The number of carbonyl (C=O) groups excluding carboxylic acids is 1. The SMILES string of the molecule is CCOC(=O)C(C)(C)CC1Oc2cccc(OC(F)F)c2-c2ccc(CS(N)(=O)=O)cc21. The molecule has 0 aromatic heterocycles. The van der Waals surface area contributed by atoms with E-state index in [0.29, 0.717) is 28.0 Å². The Balaban J connectivity index is 2.11. The Morgan fingerprint density at radius 2 is 1.97 bits per heavy atom. The Bertz CT molecular complexity index is 1120. The van der Waals surface area contributed by atoms with E-state index >= 15 is 0 Å². The van der Waals surface area contributed by atoms with Gasteiger partial charge in [0.15, 0.2) is 0 Å². The third-order valence-corrected chi connectivity index (χ3v) is 5.83. The van der Waals surface area contributed by atoms with Gasteiger partial charge in [-0.2, -0.15) is 8.78 Å². The van der Waals surface area contributed by atoms with Crippen molar-refractivity contribution in [1.29, 1.82) is 0 Å². The number of fused-ring (bicyclic) bond motifs is 3. The molecule has 0 spiro atoms. The second-order valence-corrected chi connectivity index (χ2v) is 9.77. The molecule has 174 valence electrons. The summed E-state index contributed by atoms with van der Waals surface area (Å²) >= 11 is 0. The number of alkyl halides is 2. The van der Waals surface area contributed by atoms with Gasteiger partial charge in [0, 0.05) is 12.0 Å². The number of esters is 1. The minimum Gasteiger partial charge on any atom is -0.485 e. The number of halogens is 2. The third kappa shape index (κ3) is 5.36. The molecular formula is C22H25F2NO6S. The van der Waals surface area contributed by atoms with Crippen LogP contribution in [0.15, 0.2) is 36.4 Å². The quantitative estimate of drug-likeness (QED) is 0.582. The molecule has 0 fully saturated rings. The van der Waals surface area contributed by atoms with Crippen LogP contribution in [-0.2, 0) is 25.3 Å². The van der Waals surface area contributed by atoms with Crippen molar-refractivity contribution in [3.63, 3.8) is 0 Å². The number of hydrogen-bond donors (Lipinski definition) is 1. The van der Waals surface area contributed by atoms with E-state index in [1.54, 1.807) is 45.0 Å². The van der Waals surface area contributed by atoms with Crippen molar-refractivity contribution in [2.24, 2.45) is 10.6 Å². The molecule has 0 aliphatic carbocycles. The van der Waals surface area contributed by atoms with Crippen molar-refractivity contribution in [3.05, 3.63) is 47.5 Å². The van der Waals surface area contributed by atoms with Crippen LogP contribution in [0.5, 0.6) is 11.5 Å². The zero-order chi connectivity index (χ0) is 23.7. The maximum absolute atomic E-state index is 13.0. The molecule has 1 aliphatic rings. The Hall–Kier alpha value is -2.72. The normalized spacial score (nSPS) is 15.5. The zero-order valence-corrected chi connectivity index (χ0v) is 18.7. The summed E-state index contributed by atoms with van der Waals surface area (Å²) in [6, 6.07) is 9.35. The fourth-order valence-corrected chi connectivity index (χ4v) is 4.38. The molecular weight excluding hydrogens is 444 g/mol. The second-order valence-electron chi connectivity index (χ2n) is 8.15. The average molecular weight is 470 g/mol. The summed E-state index contributed by atoms with van der Waals surface area (Å²) in [4.78, 5) is 12.4. The van der Waals surface area contributed by atoms with Crippen molar-refractivity contribution in [2.75, 3.05) is 6.61 Å². The van der Waals surface area contributed by atoms with E-state index in [1.807, 2.05) is 0 Å². The Morgan fingerprint density at radius 3 is 2.59 bits per heavy atom. The highest BCUT2D eigenvalue weighted by Gasteiger charge is 2.38. The molecule has 2 aromatic carbocycles. The molecule has 3 rings (SSSR count). The molecule has 32 heavy (non-hydrogen) atoms. The van der Waals surface area contributed by atoms with Crippen molar-refractivity contribution >= 4 is 16.0 Å². The van der Waals surface area contributed by atoms with E-state index in [9.17, 15) is 22.0 Å². The van der Waals surface area contributed by atoms with Crippen LogP contribution in [0.25, 0.3) is 11.1 Å². The molecule has 2 aromatic rings. The summed E-state index contributed by atoms with van der Waals surface area (Å²) in [7, 11) is -3.80. The molecule has 1 aliphatic heterocycles. The predicted molar refractivity (Wildman–Crippen MR) is 114 cm³/mol. The van der Waals surface area contributed by atoms with Gasteiger partial charge in [-0.3, -0.25) is 4.79 Å².